The Balaban J connectivity index is 2.30. The predicted molar refractivity (Wildman–Crippen MR) is 71.5 cm³/mol. The van der Waals surface area contributed by atoms with Crippen molar-refractivity contribution in [3.05, 3.63) is 52.8 Å². The van der Waals surface area contributed by atoms with E-state index in [1.807, 2.05) is 19.1 Å². The topological polar surface area (TPSA) is 50.2 Å². The van der Waals surface area contributed by atoms with Crippen LogP contribution in [-0.4, -0.2) is 16.1 Å². The monoisotopic (exact) mass is 279 g/mol. The van der Waals surface area contributed by atoms with Crippen molar-refractivity contribution in [2.75, 3.05) is 0 Å². The lowest BCUT2D eigenvalue weighted by molar-refractivity contribution is 0.0697. The van der Waals surface area contributed by atoms with E-state index >= 15 is 0 Å². The number of benzene rings is 1. The molecule has 0 fully saturated rings. The highest BCUT2D eigenvalue weighted by atomic mass is 35.5. The fourth-order valence-corrected chi connectivity index (χ4v) is 2.59. The number of aryl methyl sites for hydroxylation is 1. The van der Waals surface area contributed by atoms with Gasteiger partial charge in [-0.1, -0.05) is 23.4 Å². The third kappa shape index (κ3) is 3.03. The zero-order chi connectivity index (χ0) is 13.1. The quantitative estimate of drug-likeness (QED) is 0.926. The summed E-state index contributed by atoms with van der Waals surface area (Å²) in [5, 5.41) is 9.24. The van der Waals surface area contributed by atoms with E-state index < -0.39 is 5.97 Å². The second kappa shape index (κ2) is 5.42. The fraction of sp³-hybridized carbons (Fsp3) is 0.0769. The zero-order valence-electron chi connectivity index (χ0n) is 9.55. The van der Waals surface area contributed by atoms with E-state index in [2.05, 4.69) is 4.98 Å². The normalized spacial score (nSPS) is 10.3. The van der Waals surface area contributed by atoms with Crippen molar-refractivity contribution in [2.45, 2.75) is 16.7 Å². The second-order valence-electron chi connectivity index (χ2n) is 3.68. The van der Waals surface area contributed by atoms with Crippen molar-refractivity contribution >= 4 is 29.3 Å². The zero-order valence-corrected chi connectivity index (χ0v) is 11.1. The lowest BCUT2D eigenvalue weighted by Crippen LogP contribution is -1.97. The molecule has 1 aromatic heterocycles. The first-order chi connectivity index (χ1) is 8.56. The predicted octanol–water partition coefficient (Wildman–Crippen LogP) is 3.89. The minimum Gasteiger partial charge on any atom is -0.478 e. The van der Waals surface area contributed by atoms with Gasteiger partial charge < -0.3 is 5.11 Å². The number of rotatable bonds is 3. The highest BCUT2D eigenvalue weighted by molar-refractivity contribution is 7.99. The number of carboxylic acids is 1. The smallest absolute Gasteiger partial charge is 0.337 e. The Hall–Kier alpha value is -1.52. The summed E-state index contributed by atoms with van der Waals surface area (Å²) in [6.07, 6.45) is 1.73. The SMILES string of the molecule is Cc1cc(Sc2ccc(Cl)c(C(=O)O)c2)ccn1. The molecular weight excluding hydrogens is 270 g/mol. The second-order valence-corrected chi connectivity index (χ2v) is 5.24. The van der Waals surface area contributed by atoms with Crippen LogP contribution in [0.2, 0.25) is 5.02 Å². The van der Waals surface area contributed by atoms with E-state index in [9.17, 15) is 4.79 Å². The van der Waals surface area contributed by atoms with E-state index in [0.29, 0.717) is 0 Å². The molecular formula is C13H10ClNO2S. The number of halogens is 1. The maximum absolute atomic E-state index is 11.0. The minimum atomic E-state index is -1.02. The van der Waals surface area contributed by atoms with Crippen LogP contribution in [0.3, 0.4) is 0 Å². The standard InChI is InChI=1S/C13H10ClNO2S/c1-8-6-10(4-5-15-8)18-9-2-3-12(14)11(7-9)13(16)17/h2-7H,1H3,(H,16,17). The average molecular weight is 280 g/mol. The van der Waals surface area contributed by atoms with E-state index in [0.717, 1.165) is 15.5 Å². The van der Waals surface area contributed by atoms with Gasteiger partial charge in [0.05, 0.1) is 10.6 Å². The summed E-state index contributed by atoms with van der Waals surface area (Å²) in [7, 11) is 0. The van der Waals surface area contributed by atoms with Gasteiger partial charge in [0.1, 0.15) is 0 Å². The molecule has 0 bridgehead atoms. The fourth-order valence-electron chi connectivity index (χ4n) is 1.45. The van der Waals surface area contributed by atoms with E-state index in [4.69, 9.17) is 16.7 Å². The first-order valence-electron chi connectivity index (χ1n) is 5.19. The molecule has 18 heavy (non-hydrogen) atoms. The van der Waals surface area contributed by atoms with Crippen molar-refractivity contribution in [1.82, 2.24) is 4.98 Å². The van der Waals surface area contributed by atoms with Crippen molar-refractivity contribution in [2.24, 2.45) is 0 Å². The summed E-state index contributed by atoms with van der Waals surface area (Å²) >= 11 is 7.30. The van der Waals surface area contributed by atoms with Crippen LogP contribution in [0.4, 0.5) is 0 Å². The Kier molecular flexibility index (Phi) is 3.89. The van der Waals surface area contributed by atoms with Crippen LogP contribution in [0.1, 0.15) is 16.1 Å². The van der Waals surface area contributed by atoms with Gasteiger partial charge in [-0.2, -0.15) is 0 Å². The third-order valence-electron chi connectivity index (χ3n) is 2.27. The lowest BCUT2D eigenvalue weighted by Gasteiger charge is -2.05. The number of pyridine rings is 1. The molecule has 1 aromatic carbocycles. The minimum absolute atomic E-state index is 0.118. The van der Waals surface area contributed by atoms with Gasteiger partial charge in [0, 0.05) is 21.7 Å². The number of nitrogens with zero attached hydrogens (tertiary/aromatic N) is 1. The molecule has 0 atom stereocenters. The van der Waals surface area contributed by atoms with Gasteiger partial charge in [0.15, 0.2) is 0 Å². The van der Waals surface area contributed by atoms with Gasteiger partial charge in [0.25, 0.3) is 0 Å². The highest BCUT2D eigenvalue weighted by Gasteiger charge is 2.10. The number of hydrogen-bond donors (Lipinski definition) is 1. The molecule has 1 heterocycles. The molecule has 0 aliphatic carbocycles. The molecule has 0 saturated heterocycles. The van der Waals surface area contributed by atoms with Crippen molar-refractivity contribution in [3.8, 4) is 0 Å². The maximum Gasteiger partial charge on any atom is 0.337 e. The van der Waals surface area contributed by atoms with Crippen molar-refractivity contribution in [3.63, 3.8) is 0 Å². The number of carboxylic acid groups (broad SMARTS) is 1. The summed E-state index contributed by atoms with van der Waals surface area (Å²) in [6, 6.07) is 8.80. The van der Waals surface area contributed by atoms with Gasteiger partial charge in [-0.05, 0) is 37.3 Å². The molecule has 0 unspecified atom stereocenters. The van der Waals surface area contributed by atoms with Crippen LogP contribution >= 0.6 is 23.4 Å². The molecule has 0 spiro atoms. The average Bonchev–Trinajstić information content (AvgIpc) is 2.31. The summed E-state index contributed by atoms with van der Waals surface area (Å²) < 4.78 is 0. The Morgan fingerprint density at radius 3 is 2.67 bits per heavy atom. The summed E-state index contributed by atoms with van der Waals surface area (Å²) in [5.41, 5.74) is 1.04. The van der Waals surface area contributed by atoms with Crippen LogP contribution in [0.15, 0.2) is 46.3 Å². The van der Waals surface area contributed by atoms with Crippen LogP contribution in [0.5, 0.6) is 0 Å². The molecule has 0 amide bonds. The first-order valence-corrected chi connectivity index (χ1v) is 6.39. The summed E-state index contributed by atoms with van der Waals surface area (Å²) in [6.45, 7) is 1.91. The summed E-state index contributed by atoms with van der Waals surface area (Å²) in [4.78, 5) is 16.9. The highest BCUT2D eigenvalue weighted by Crippen LogP contribution is 2.30. The molecule has 2 aromatic rings. The molecule has 0 aliphatic rings. The molecule has 5 heteroatoms. The molecule has 2 rings (SSSR count). The van der Waals surface area contributed by atoms with E-state index in [1.165, 1.54) is 11.8 Å². The Morgan fingerprint density at radius 2 is 2.00 bits per heavy atom. The summed E-state index contributed by atoms with van der Waals surface area (Å²) in [5.74, 6) is -1.02. The van der Waals surface area contributed by atoms with Crippen LogP contribution in [0.25, 0.3) is 0 Å². The number of aromatic carboxylic acids is 1. The molecule has 3 nitrogen and oxygen atoms in total. The number of carbonyl (C=O) groups is 1. The molecule has 0 saturated carbocycles. The molecule has 1 N–H and O–H groups in total. The number of hydrogen-bond acceptors (Lipinski definition) is 3. The van der Waals surface area contributed by atoms with Crippen molar-refractivity contribution < 1.29 is 9.90 Å². The Morgan fingerprint density at radius 1 is 1.28 bits per heavy atom. The van der Waals surface area contributed by atoms with Gasteiger partial charge in [-0.3, -0.25) is 4.98 Å². The van der Waals surface area contributed by atoms with Crippen molar-refractivity contribution in [1.29, 1.82) is 0 Å². The molecule has 0 aliphatic heterocycles. The van der Waals surface area contributed by atoms with Gasteiger partial charge in [0.2, 0.25) is 0 Å². The third-order valence-corrected chi connectivity index (χ3v) is 3.58. The largest absolute Gasteiger partial charge is 0.478 e. The van der Waals surface area contributed by atoms with Gasteiger partial charge in [-0.25, -0.2) is 4.79 Å². The maximum atomic E-state index is 11.0. The van der Waals surface area contributed by atoms with Gasteiger partial charge >= 0.3 is 5.97 Å². The Labute approximate surface area is 114 Å². The van der Waals surface area contributed by atoms with Crippen LogP contribution < -0.4 is 0 Å². The molecule has 0 radical (unpaired) electrons. The van der Waals surface area contributed by atoms with Gasteiger partial charge in [-0.15, -0.1) is 0 Å². The lowest BCUT2D eigenvalue weighted by atomic mass is 10.2. The van der Waals surface area contributed by atoms with E-state index in [1.54, 1.807) is 24.4 Å². The Bertz CT molecular complexity index is 601. The van der Waals surface area contributed by atoms with Crippen LogP contribution in [0, 0.1) is 6.92 Å². The number of aromatic nitrogens is 1. The van der Waals surface area contributed by atoms with E-state index in [-0.39, 0.29) is 10.6 Å². The molecule has 92 valence electrons. The first kappa shape index (κ1) is 12.9. The van der Waals surface area contributed by atoms with Crippen LogP contribution in [-0.2, 0) is 0 Å².